The lowest BCUT2D eigenvalue weighted by Gasteiger charge is -2.35. The Morgan fingerprint density at radius 2 is 2.15 bits per heavy atom. The molecular weight excluding hydrogens is 160 g/mol. The van der Waals surface area contributed by atoms with Crippen molar-refractivity contribution in [3.05, 3.63) is 0 Å². The molecule has 76 valence electrons. The zero-order valence-electron chi connectivity index (χ0n) is 9.16. The third-order valence-electron chi connectivity index (χ3n) is 2.65. The van der Waals surface area contributed by atoms with E-state index >= 15 is 0 Å². The summed E-state index contributed by atoms with van der Waals surface area (Å²) in [6.07, 6.45) is 7.60. The van der Waals surface area contributed by atoms with Gasteiger partial charge in [-0.05, 0) is 18.8 Å². The molecule has 0 saturated heterocycles. The molecule has 2 atom stereocenters. The predicted octanol–water partition coefficient (Wildman–Crippen LogP) is 2.89. The number of hydrogen-bond donors (Lipinski definition) is 0. The Hall–Kier alpha value is -0.530. The van der Waals surface area contributed by atoms with Gasteiger partial charge in [-0.3, -0.25) is 4.99 Å². The first kappa shape index (κ1) is 10.6. The molecule has 1 heterocycles. The zero-order chi connectivity index (χ0) is 9.68. The van der Waals surface area contributed by atoms with Gasteiger partial charge in [-0.1, -0.05) is 33.6 Å². The van der Waals surface area contributed by atoms with Crippen molar-refractivity contribution in [3.8, 4) is 0 Å². The number of rotatable bonds is 6. The van der Waals surface area contributed by atoms with Crippen molar-refractivity contribution in [2.45, 2.75) is 52.6 Å². The third kappa shape index (κ3) is 3.02. The molecule has 0 aromatic rings. The second-order valence-electron chi connectivity index (χ2n) is 4.11. The Labute approximate surface area is 82.0 Å². The summed E-state index contributed by atoms with van der Waals surface area (Å²) in [5, 5.41) is 0. The van der Waals surface area contributed by atoms with Crippen LogP contribution in [0.4, 0.5) is 0 Å². The minimum Gasteiger partial charge on any atom is -0.341 e. The standard InChI is InChI=1S/C11H22N2/c1-4-6-10(3)8-11-12-9-13(11)7-5-2/h9-11H,4-8H2,1-3H3. The summed E-state index contributed by atoms with van der Waals surface area (Å²) in [5.41, 5.74) is 0. The summed E-state index contributed by atoms with van der Waals surface area (Å²) < 4.78 is 0. The van der Waals surface area contributed by atoms with Crippen LogP contribution in [-0.4, -0.2) is 23.9 Å². The topological polar surface area (TPSA) is 15.6 Å². The molecule has 0 radical (unpaired) electrons. The number of aliphatic imine (C=N–C) groups is 1. The van der Waals surface area contributed by atoms with Gasteiger partial charge >= 0.3 is 0 Å². The van der Waals surface area contributed by atoms with Crippen LogP contribution in [0.5, 0.6) is 0 Å². The largest absolute Gasteiger partial charge is 0.341 e. The lowest BCUT2D eigenvalue weighted by atomic mass is 9.99. The lowest BCUT2D eigenvalue weighted by Crippen LogP contribution is -2.42. The van der Waals surface area contributed by atoms with Crippen LogP contribution in [0.1, 0.15) is 46.5 Å². The van der Waals surface area contributed by atoms with Crippen molar-refractivity contribution in [2.75, 3.05) is 6.54 Å². The average Bonchev–Trinajstić information content (AvgIpc) is 2.09. The quantitative estimate of drug-likeness (QED) is 0.616. The van der Waals surface area contributed by atoms with Gasteiger partial charge in [0.15, 0.2) is 0 Å². The van der Waals surface area contributed by atoms with E-state index < -0.39 is 0 Å². The Bertz CT molecular complexity index is 165. The first-order valence-electron chi connectivity index (χ1n) is 5.57. The molecule has 0 spiro atoms. The summed E-state index contributed by atoms with van der Waals surface area (Å²) in [6.45, 7) is 7.98. The molecule has 0 fully saturated rings. The highest BCUT2D eigenvalue weighted by atomic mass is 15.3. The van der Waals surface area contributed by atoms with Crippen molar-refractivity contribution < 1.29 is 0 Å². The first-order chi connectivity index (χ1) is 6.27. The predicted molar refractivity (Wildman–Crippen MR) is 58.0 cm³/mol. The van der Waals surface area contributed by atoms with Gasteiger partial charge in [0, 0.05) is 6.54 Å². The Morgan fingerprint density at radius 1 is 1.38 bits per heavy atom. The van der Waals surface area contributed by atoms with E-state index in [1.807, 2.05) is 6.34 Å². The number of nitrogens with zero attached hydrogens (tertiary/aromatic N) is 2. The molecule has 0 aromatic carbocycles. The minimum atomic E-state index is 0.501. The lowest BCUT2D eigenvalue weighted by molar-refractivity contribution is 0.237. The van der Waals surface area contributed by atoms with Crippen molar-refractivity contribution >= 4 is 6.34 Å². The van der Waals surface area contributed by atoms with Crippen LogP contribution in [0.25, 0.3) is 0 Å². The molecule has 0 amide bonds. The fourth-order valence-electron chi connectivity index (χ4n) is 1.89. The van der Waals surface area contributed by atoms with E-state index in [-0.39, 0.29) is 0 Å². The molecule has 0 aliphatic carbocycles. The van der Waals surface area contributed by atoms with E-state index in [0.29, 0.717) is 6.17 Å². The van der Waals surface area contributed by atoms with Crippen LogP contribution >= 0.6 is 0 Å². The van der Waals surface area contributed by atoms with E-state index in [4.69, 9.17) is 0 Å². The summed E-state index contributed by atoms with van der Waals surface area (Å²) >= 11 is 0. The SMILES string of the molecule is CCCC(C)CC1N=CN1CCC. The molecule has 2 unspecified atom stereocenters. The van der Waals surface area contributed by atoms with Crippen LogP contribution < -0.4 is 0 Å². The summed E-state index contributed by atoms with van der Waals surface area (Å²) in [5.74, 6) is 0.826. The Kier molecular flexibility index (Phi) is 4.26. The average molecular weight is 182 g/mol. The molecule has 0 bridgehead atoms. The maximum absolute atomic E-state index is 4.39. The maximum atomic E-state index is 4.39. The van der Waals surface area contributed by atoms with E-state index in [1.165, 1.54) is 32.2 Å². The second kappa shape index (κ2) is 5.25. The van der Waals surface area contributed by atoms with Crippen molar-refractivity contribution in [3.63, 3.8) is 0 Å². The fraction of sp³-hybridized carbons (Fsp3) is 0.909. The highest BCUT2D eigenvalue weighted by Gasteiger charge is 2.22. The minimum absolute atomic E-state index is 0.501. The van der Waals surface area contributed by atoms with Crippen molar-refractivity contribution in [1.82, 2.24) is 4.90 Å². The molecule has 13 heavy (non-hydrogen) atoms. The van der Waals surface area contributed by atoms with Gasteiger partial charge < -0.3 is 4.90 Å². The number of hydrogen-bond acceptors (Lipinski definition) is 2. The molecule has 2 heteroatoms. The van der Waals surface area contributed by atoms with Gasteiger partial charge in [-0.25, -0.2) is 0 Å². The summed E-state index contributed by atoms with van der Waals surface area (Å²) in [7, 11) is 0. The molecule has 0 N–H and O–H groups in total. The van der Waals surface area contributed by atoms with Gasteiger partial charge in [0.1, 0.15) is 6.17 Å². The molecule has 1 aliphatic heterocycles. The van der Waals surface area contributed by atoms with Gasteiger partial charge in [0.25, 0.3) is 0 Å². The zero-order valence-corrected chi connectivity index (χ0v) is 9.16. The summed E-state index contributed by atoms with van der Waals surface area (Å²) in [4.78, 5) is 6.76. The molecule has 1 rings (SSSR count). The Balaban J connectivity index is 2.19. The van der Waals surface area contributed by atoms with Crippen LogP contribution in [-0.2, 0) is 0 Å². The summed E-state index contributed by atoms with van der Waals surface area (Å²) in [6, 6.07) is 0. The van der Waals surface area contributed by atoms with Crippen LogP contribution in [0.2, 0.25) is 0 Å². The first-order valence-corrected chi connectivity index (χ1v) is 5.57. The van der Waals surface area contributed by atoms with Gasteiger partial charge in [0.2, 0.25) is 0 Å². The fourth-order valence-corrected chi connectivity index (χ4v) is 1.89. The monoisotopic (exact) mass is 182 g/mol. The Morgan fingerprint density at radius 3 is 2.62 bits per heavy atom. The van der Waals surface area contributed by atoms with Gasteiger partial charge in [-0.2, -0.15) is 0 Å². The van der Waals surface area contributed by atoms with E-state index in [9.17, 15) is 0 Å². The third-order valence-corrected chi connectivity index (χ3v) is 2.65. The molecule has 2 nitrogen and oxygen atoms in total. The van der Waals surface area contributed by atoms with E-state index in [0.717, 1.165) is 5.92 Å². The molecule has 0 saturated carbocycles. The van der Waals surface area contributed by atoms with Crippen LogP contribution in [0, 0.1) is 5.92 Å². The van der Waals surface area contributed by atoms with Crippen LogP contribution in [0.15, 0.2) is 4.99 Å². The highest BCUT2D eigenvalue weighted by molar-refractivity contribution is 5.61. The second-order valence-corrected chi connectivity index (χ2v) is 4.11. The van der Waals surface area contributed by atoms with Crippen LogP contribution in [0.3, 0.4) is 0 Å². The van der Waals surface area contributed by atoms with Gasteiger partial charge in [-0.15, -0.1) is 0 Å². The van der Waals surface area contributed by atoms with E-state index in [1.54, 1.807) is 0 Å². The van der Waals surface area contributed by atoms with Gasteiger partial charge in [0.05, 0.1) is 6.34 Å². The van der Waals surface area contributed by atoms with E-state index in [2.05, 4.69) is 30.7 Å². The molecule has 1 aliphatic rings. The van der Waals surface area contributed by atoms with Crippen molar-refractivity contribution in [2.24, 2.45) is 10.9 Å². The smallest absolute Gasteiger partial charge is 0.123 e. The highest BCUT2D eigenvalue weighted by Crippen LogP contribution is 2.20. The molecular formula is C11H22N2. The molecule has 0 aromatic heterocycles. The van der Waals surface area contributed by atoms with Crippen molar-refractivity contribution in [1.29, 1.82) is 0 Å². The normalized spacial score (nSPS) is 23.0. The maximum Gasteiger partial charge on any atom is 0.123 e.